The predicted octanol–water partition coefficient (Wildman–Crippen LogP) is 2.71. The Hall–Kier alpha value is -3.27. The molecule has 1 N–H and O–H groups in total. The normalized spacial score (nSPS) is 10.7. The summed E-state index contributed by atoms with van der Waals surface area (Å²) in [5.74, 6) is 0.944. The zero-order chi connectivity index (χ0) is 18.8. The molecule has 0 radical (unpaired) electrons. The van der Waals surface area contributed by atoms with Gasteiger partial charge in [-0.15, -0.1) is 0 Å². The first-order valence-corrected chi connectivity index (χ1v) is 8.30. The lowest BCUT2D eigenvalue weighted by molar-refractivity contribution is 0.378. The Balaban J connectivity index is 1.82. The number of aromatic nitrogens is 4. The van der Waals surface area contributed by atoms with Gasteiger partial charge in [-0.3, -0.25) is 4.79 Å². The lowest BCUT2D eigenvalue weighted by atomic mass is 9.99. The molecule has 3 aromatic rings. The fourth-order valence-corrected chi connectivity index (χ4v) is 2.87. The van der Waals surface area contributed by atoms with Crippen molar-refractivity contribution in [3.05, 3.63) is 62.0 Å². The minimum Gasteiger partial charge on any atom is -0.339 e. The predicted molar refractivity (Wildman–Crippen MR) is 95.7 cm³/mol. The molecule has 3 aromatic heterocycles. The zero-order valence-corrected chi connectivity index (χ0v) is 15.2. The summed E-state index contributed by atoms with van der Waals surface area (Å²) in [4.78, 5) is 23.4. The molecule has 0 unspecified atom stereocenters. The van der Waals surface area contributed by atoms with E-state index < -0.39 is 0 Å². The molecule has 0 saturated heterocycles. The zero-order valence-electron chi connectivity index (χ0n) is 15.2. The smallest absolute Gasteiger partial charge is 0.266 e. The summed E-state index contributed by atoms with van der Waals surface area (Å²) in [5, 5.41) is 13.2. The molecule has 3 heterocycles. The molecule has 0 spiro atoms. The van der Waals surface area contributed by atoms with Crippen LogP contribution in [0.25, 0.3) is 11.5 Å². The second-order valence-corrected chi connectivity index (χ2v) is 6.28. The van der Waals surface area contributed by atoms with Gasteiger partial charge in [-0.2, -0.15) is 10.2 Å². The van der Waals surface area contributed by atoms with Gasteiger partial charge in [-0.1, -0.05) is 11.2 Å². The molecule has 0 aliphatic heterocycles. The maximum atomic E-state index is 11.8. The fourth-order valence-electron chi connectivity index (χ4n) is 2.87. The van der Waals surface area contributed by atoms with Crippen LogP contribution in [0, 0.1) is 39.0 Å². The van der Waals surface area contributed by atoms with Crippen LogP contribution < -0.4 is 5.56 Å². The summed E-state index contributed by atoms with van der Waals surface area (Å²) in [5.41, 5.74) is 4.87. The van der Waals surface area contributed by atoms with Gasteiger partial charge in [0.15, 0.2) is 0 Å². The van der Waals surface area contributed by atoms with Crippen molar-refractivity contribution < 1.29 is 4.52 Å². The molecular formula is C19H19N5O2. The van der Waals surface area contributed by atoms with E-state index in [9.17, 15) is 4.79 Å². The van der Waals surface area contributed by atoms with Gasteiger partial charge in [-0.25, -0.2) is 4.98 Å². The minimum absolute atomic E-state index is 0.149. The molecule has 0 aliphatic rings. The highest BCUT2D eigenvalue weighted by molar-refractivity contribution is 5.49. The van der Waals surface area contributed by atoms with Gasteiger partial charge in [0.25, 0.3) is 5.56 Å². The molecule has 132 valence electrons. The molecular weight excluding hydrogens is 330 g/mol. The van der Waals surface area contributed by atoms with E-state index in [4.69, 9.17) is 9.78 Å². The lowest BCUT2D eigenvalue weighted by Crippen LogP contribution is -2.16. The number of aromatic amines is 1. The number of rotatable bonds is 4. The van der Waals surface area contributed by atoms with E-state index in [-0.39, 0.29) is 11.1 Å². The number of nitriles is 1. The number of H-pyrrole nitrogens is 1. The second-order valence-electron chi connectivity index (χ2n) is 6.28. The van der Waals surface area contributed by atoms with Crippen LogP contribution in [0.3, 0.4) is 0 Å². The second kappa shape index (κ2) is 6.92. The van der Waals surface area contributed by atoms with Gasteiger partial charge in [0.05, 0.1) is 0 Å². The van der Waals surface area contributed by atoms with E-state index in [2.05, 4.69) is 20.1 Å². The van der Waals surface area contributed by atoms with Crippen molar-refractivity contribution in [1.82, 2.24) is 20.1 Å². The Kier molecular flexibility index (Phi) is 4.67. The third kappa shape index (κ3) is 3.26. The third-order valence-corrected chi connectivity index (χ3v) is 4.56. The SMILES string of the molecule is Cc1ccc(-c2noc(CCc3c(C)[nH]c(=O)c(C#N)c3C)n2)nc1C. The van der Waals surface area contributed by atoms with Crippen molar-refractivity contribution in [3.63, 3.8) is 0 Å². The van der Waals surface area contributed by atoms with Gasteiger partial charge in [0.1, 0.15) is 17.3 Å². The Bertz CT molecular complexity index is 1070. The topological polar surface area (TPSA) is 108 Å². The van der Waals surface area contributed by atoms with E-state index in [0.717, 1.165) is 22.5 Å². The molecule has 7 nitrogen and oxygen atoms in total. The van der Waals surface area contributed by atoms with E-state index in [1.165, 1.54) is 0 Å². The number of pyridine rings is 2. The van der Waals surface area contributed by atoms with Gasteiger partial charge in [0, 0.05) is 17.8 Å². The highest BCUT2D eigenvalue weighted by atomic mass is 16.5. The largest absolute Gasteiger partial charge is 0.339 e. The molecule has 26 heavy (non-hydrogen) atoms. The van der Waals surface area contributed by atoms with Crippen LogP contribution in [0.15, 0.2) is 21.5 Å². The summed E-state index contributed by atoms with van der Waals surface area (Å²) >= 11 is 0. The van der Waals surface area contributed by atoms with Crippen LogP contribution in [-0.2, 0) is 12.8 Å². The first-order valence-electron chi connectivity index (χ1n) is 8.30. The lowest BCUT2D eigenvalue weighted by Gasteiger charge is -2.09. The quantitative estimate of drug-likeness (QED) is 0.776. The highest BCUT2D eigenvalue weighted by Gasteiger charge is 2.15. The molecule has 0 aliphatic carbocycles. The van der Waals surface area contributed by atoms with Crippen LogP contribution in [0.1, 0.15) is 39.5 Å². The molecule has 0 aromatic carbocycles. The molecule has 0 saturated carbocycles. The first kappa shape index (κ1) is 17.5. The molecule has 0 fully saturated rings. The number of hydrogen-bond donors (Lipinski definition) is 1. The molecule has 0 bridgehead atoms. The monoisotopic (exact) mass is 349 g/mol. The van der Waals surface area contributed by atoms with Crippen molar-refractivity contribution >= 4 is 0 Å². The van der Waals surface area contributed by atoms with Crippen molar-refractivity contribution in [3.8, 4) is 17.6 Å². The van der Waals surface area contributed by atoms with Gasteiger partial charge < -0.3 is 9.51 Å². The molecule has 3 rings (SSSR count). The Morgan fingerprint density at radius 2 is 1.92 bits per heavy atom. The average molecular weight is 349 g/mol. The minimum atomic E-state index is -0.354. The van der Waals surface area contributed by atoms with Crippen LogP contribution in [0.5, 0.6) is 0 Å². The fraction of sp³-hybridized carbons (Fsp3) is 0.316. The summed E-state index contributed by atoms with van der Waals surface area (Å²) in [7, 11) is 0. The highest BCUT2D eigenvalue weighted by Crippen LogP contribution is 2.18. The third-order valence-electron chi connectivity index (χ3n) is 4.56. The number of aryl methyl sites for hydroxylation is 4. The number of hydrogen-bond acceptors (Lipinski definition) is 6. The standard InChI is InChI=1S/C19H19N5O2/c1-10-5-7-16(21-12(10)3)18-23-17(26-24-18)8-6-14-11(2)15(9-20)19(25)22-13(14)4/h5,7H,6,8H2,1-4H3,(H,22,25). The molecule has 7 heteroatoms. The Morgan fingerprint density at radius 3 is 2.62 bits per heavy atom. The maximum absolute atomic E-state index is 11.8. The van der Waals surface area contributed by atoms with Crippen LogP contribution in [-0.4, -0.2) is 20.1 Å². The maximum Gasteiger partial charge on any atom is 0.266 e. The van der Waals surface area contributed by atoms with Gasteiger partial charge in [-0.05, 0) is 56.9 Å². The van der Waals surface area contributed by atoms with E-state index in [0.29, 0.717) is 35.8 Å². The first-order chi connectivity index (χ1) is 12.4. The average Bonchev–Trinajstić information content (AvgIpc) is 3.06. The Labute approximate surface area is 150 Å². The number of nitrogens with one attached hydrogen (secondary N) is 1. The number of nitrogens with zero attached hydrogens (tertiary/aromatic N) is 4. The van der Waals surface area contributed by atoms with Crippen molar-refractivity contribution in [1.29, 1.82) is 5.26 Å². The molecule has 0 amide bonds. The van der Waals surface area contributed by atoms with Crippen molar-refractivity contribution in [2.24, 2.45) is 0 Å². The van der Waals surface area contributed by atoms with E-state index in [1.54, 1.807) is 6.92 Å². The Morgan fingerprint density at radius 1 is 1.15 bits per heavy atom. The van der Waals surface area contributed by atoms with Crippen LogP contribution >= 0.6 is 0 Å². The van der Waals surface area contributed by atoms with Gasteiger partial charge >= 0.3 is 0 Å². The summed E-state index contributed by atoms with van der Waals surface area (Å²) in [6.45, 7) is 7.55. The van der Waals surface area contributed by atoms with E-state index >= 15 is 0 Å². The van der Waals surface area contributed by atoms with Crippen molar-refractivity contribution in [2.75, 3.05) is 0 Å². The summed E-state index contributed by atoms with van der Waals surface area (Å²) < 4.78 is 5.33. The van der Waals surface area contributed by atoms with Crippen molar-refractivity contribution in [2.45, 2.75) is 40.5 Å². The van der Waals surface area contributed by atoms with Crippen LogP contribution in [0.4, 0.5) is 0 Å². The molecule has 0 atom stereocenters. The summed E-state index contributed by atoms with van der Waals surface area (Å²) in [6.07, 6.45) is 1.10. The summed E-state index contributed by atoms with van der Waals surface area (Å²) in [6, 6.07) is 5.81. The van der Waals surface area contributed by atoms with E-state index in [1.807, 2.05) is 39.0 Å². The van der Waals surface area contributed by atoms with Crippen LogP contribution in [0.2, 0.25) is 0 Å². The van der Waals surface area contributed by atoms with Gasteiger partial charge in [0.2, 0.25) is 11.7 Å².